The molecule has 0 radical (unpaired) electrons. The van der Waals surface area contributed by atoms with Crippen molar-refractivity contribution in [3.8, 4) is 0 Å². The zero-order valence-electron chi connectivity index (χ0n) is 13.9. The number of carbonyl (C=O) groups is 2. The summed E-state index contributed by atoms with van der Waals surface area (Å²) in [6.07, 6.45) is 0. The molecule has 0 aliphatic carbocycles. The molecule has 0 saturated carbocycles. The summed E-state index contributed by atoms with van der Waals surface area (Å²) in [5, 5.41) is 7.61. The van der Waals surface area contributed by atoms with Crippen LogP contribution in [0.15, 0.2) is 41.8 Å². The molecule has 1 heterocycles. The third kappa shape index (κ3) is 4.64. The van der Waals surface area contributed by atoms with Gasteiger partial charge in [-0.05, 0) is 48.6 Å². The first-order valence-corrected chi connectivity index (χ1v) is 8.66. The van der Waals surface area contributed by atoms with Crippen molar-refractivity contribution in [2.24, 2.45) is 5.92 Å². The quantitative estimate of drug-likeness (QED) is 0.839. The maximum atomic E-state index is 13.0. The molecule has 0 aliphatic rings. The van der Waals surface area contributed by atoms with E-state index in [1.165, 1.54) is 24.3 Å². The summed E-state index contributed by atoms with van der Waals surface area (Å²) in [4.78, 5) is 25.9. The third-order valence-corrected chi connectivity index (χ3v) is 4.73. The number of hydrogen-bond donors (Lipinski definition) is 2. The average Bonchev–Trinajstić information content (AvgIpc) is 3.07. The molecule has 24 heavy (non-hydrogen) atoms. The van der Waals surface area contributed by atoms with Crippen LogP contribution in [0.1, 0.15) is 42.0 Å². The van der Waals surface area contributed by atoms with Gasteiger partial charge in [-0.2, -0.15) is 0 Å². The smallest absolute Gasteiger partial charge is 0.251 e. The molecule has 2 aromatic rings. The van der Waals surface area contributed by atoms with Crippen molar-refractivity contribution >= 4 is 23.2 Å². The van der Waals surface area contributed by atoms with Crippen molar-refractivity contribution in [1.29, 1.82) is 0 Å². The van der Waals surface area contributed by atoms with Crippen molar-refractivity contribution in [2.45, 2.75) is 32.9 Å². The van der Waals surface area contributed by atoms with E-state index in [1.807, 2.05) is 38.3 Å². The topological polar surface area (TPSA) is 58.2 Å². The second kappa shape index (κ2) is 8.06. The normalized spacial score (nSPS) is 13.4. The number of nitrogens with one attached hydrogen (secondary N) is 2. The van der Waals surface area contributed by atoms with Crippen molar-refractivity contribution in [1.82, 2.24) is 10.6 Å². The Kier molecular flexibility index (Phi) is 6.09. The first-order valence-electron chi connectivity index (χ1n) is 7.78. The molecule has 1 aromatic carbocycles. The molecule has 0 fully saturated rings. The highest BCUT2D eigenvalue weighted by molar-refractivity contribution is 7.10. The van der Waals surface area contributed by atoms with E-state index in [2.05, 4.69) is 10.6 Å². The van der Waals surface area contributed by atoms with Gasteiger partial charge in [-0.1, -0.05) is 19.9 Å². The van der Waals surface area contributed by atoms with Crippen LogP contribution in [0, 0.1) is 11.7 Å². The Balaban J connectivity index is 2.04. The van der Waals surface area contributed by atoms with Gasteiger partial charge in [-0.3, -0.25) is 9.59 Å². The van der Waals surface area contributed by atoms with Gasteiger partial charge in [0, 0.05) is 10.4 Å². The van der Waals surface area contributed by atoms with Gasteiger partial charge in [-0.15, -0.1) is 11.3 Å². The number of benzene rings is 1. The van der Waals surface area contributed by atoms with Gasteiger partial charge in [0.05, 0.1) is 6.04 Å². The zero-order valence-corrected chi connectivity index (χ0v) is 14.7. The number of carbonyl (C=O) groups excluding carboxylic acids is 2. The Morgan fingerprint density at radius 1 is 1.04 bits per heavy atom. The first-order chi connectivity index (χ1) is 11.4. The Labute approximate surface area is 145 Å². The summed E-state index contributed by atoms with van der Waals surface area (Å²) >= 11 is 1.57. The fourth-order valence-corrected chi connectivity index (χ4v) is 3.01. The van der Waals surface area contributed by atoms with Gasteiger partial charge in [-0.25, -0.2) is 4.39 Å². The SMILES string of the molecule is CC(NC(=O)C(NC(=O)c1ccc(F)cc1)C(C)C)c1cccs1. The van der Waals surface area contributed by atoms with E-state index in [-0.39, 0.29) is 17.9 Å². The number of amides is 2. The van der Waals surface area contributed by atoms with Crippen LogP contribution in [0.5, 0.6) is 0 Å². The molecule has 2 N–H and O–H groups in total. The summed E-state index contributed by atoms with van der Waals surface area (Å²) in [7, 11) is 0. The number of halogens is 1. The van der Waals surface area contributed by atoms with E-state index in [4.69, 9.17) is 0 Å². The van der Waals surface area contributed by atoms with Crippen molar-refractivity contribution in [3.63, 3.8) is 0 Å². The summed E-state index contributed by atoms with van der Waals surface area (Å²) in [5.41, 5.74) is 0.321. The lowest BCUT2D eigenvalue weighted by Gasteiger charge is -2.23. The van der Waals surface area contributed by atoms with Crippen LogP contribution < -0.4 is 10.6 Å². The Hall–Kier alpha value is -2.21. The van der Waals surface area contributed by atoms with Crippen LogP contribution in [0.2, 0.25) is 0 Å². The Bertz CT molecular complexity index is 684. The molecule has 1 aromatic heterocycles. The largest absolute Gasteiger partial charge is 0.347 e. The molecular formula is C18H21FN2O2S. The lowest BCUT2D eigenvalue weighted by molar-refractivity contribution is -0.124. The lowest BCUT2D eigenvalue weighted by atomic mass is 10.0. The van der Waals surface area contributed by atoms with E-state index in [9.17, 15) is 14.0 Å². The summed E-state index contributed by atoms with van der Waals surface area (Å²) < 4.78 is 13.0. The van der Waals surface area contributed by atoms with E-state index in [0.717, 1.165) is 4.88 Å². The highest BCUT2D eigenvalue weighted by Crippen LogP contribution is 2.18. The Morgan fingerprint density at radius 2 is 1.71 bits per heavy atom. The van der Waals surface area contributed by atoms with Gasteiger partial charge in [0.25, 0.3) is 5.91 Å². The molecule has 2 atom stereocenters. The standard InChI is InChI=1S/C18H21FN2O2S/c1-11(2)16(18(23)20-12(3)15-5-4-10-24-15)21-17(22)13-6-8-14(19)9-7-13/h4-12,16H,1-3H3,(H,20,23)(H,21,22). The molecule has 0 bridgehead atoms. The second-order valence-electron chi connectivity index (χ2n) is 5.95. The summed E-state index contributed by atoms with van der Waals surface area (Å²) in [6.45, 7) is 5.64. The molecule has 0 aliphatic heterocycles. The fourth-order valence-electron chi connectivity index (χ4n) is 2.27. The maximum Gasteiger partial charge on any atom is 0.251 e. The van der Waals surface area contributed by atoms with Crippen LogP contribution >= 0.6 is 11.3 Å². The minimum atomic E-state index is -0.662. The van der Waals surface area contributed by atoms with Gasteiger partial charge >= 0.3 is 0 Å². The van der Waals surface area contributed by atoms with Gasteiger partial charge < -0.3 is 10.6 Å². The Morgan fingerprint density at radius 3 is 2.25 bits per heavy atom. The molecule has 0 saturated heterocycles. The van der Waals surface area contributed by atoms with Crippen LogP contribution in [0.4, 0.5) is 4.39 Å². The summed E-state index contributed by atoms with van der Waals surface area (Å²) in [5.74, 6) is -1.12. The van der Waals surface area contributed by atoms with Gasteiger partial charge in [0.1, 0.15) is 11.9 Å². The average molecular weight is 348 g/mol. The van der Waals surface area contributed by atoms with Crippen LogP contribution in [0.25, 0.3) is 0 Å². The van der Waals surface area contributed by atoms with E-state index < -0.39 is 17.8 Å². The molecule has 2 amide bonds. The highest BCUT2D eigenvalue weighted by Gasteiger charge is 2.26. The van der Waals surface area contributed by atoms with Crippen molar-refractivity contribution < 1.29 is 14.0 Å². The molecule has 4 nitrogen and oxygen atoms in total. The fraction of sp³-hybridized carbons (Fsp3) is 0.333. The van der Waals surface area contributed by atoms with Gasteiger partial charge in [0.15, 0.2) is 0 Å². The molecule has 2 rings (SSSR count). The van der Waals surface area contributed by atoms with Crippen LogP contribution in [-0.4, -0.2) is 17.9 Å². The number of thiophene rings is 1. The first kappa shape index (κ1) is 18.1. The molecule has 2 unspecified atom stereocenters. The third-order valence-electron chi connectivity index (χ3n) is 3.67. The van der Waals surface area contributed by atoms with Crippen molar-refractivity contribution in [3.05, 3.63) is 58.0 Å². The zero-order chi connectivity index (χ0) is 17.7. The molecule has 128 valence electrons. The van der Waals surface area contributed by atoms with E-state index in [1.54, 1.807) is 11.3 Å². The van der Waals surface area contributed by atoms with Gasteiger partial charge in [0.2, 0.25) is 5.91 Å². The molecule has 0 spiro atoms. The number of rotatable bonds is 6. The van der Waals surface area contributed by atoms with Crippen molar-refractivity contribution in [2.75, 3.05) is 0 Å². The van der Waals surface area contributed by atoms with Crippen LogP contribution in [-0.2, 0) is 4.79 Å². The minimum Gasteiger partial charge on any atom is -0.347 e. The van der Waals surface area contributed by atoms with E-state index in [0.29, 0.717) is 5.56 Å². The highest BCUT2D eigenvalue weighted by atomic mass is 32.1. The molecular weight excluding hydrogens is 327 g/mol. The predicted octanol–water partition coefficient (Wildman–Crippen LogP) is 3.52. The monoisotopic (exact) mass is 348 g/mol. The van der Waals surface area contributed by atoms with Crippen LogP contribution in [0.3, 0.4) is 0 Å². The summed E-state index contributed by atoms with van der Waals surface area (Å²) in [6, 6.07) is 8.33. The molecule has 6 heteroatoms. The lowest BCUT2D eigenvalue weighted by Crippen LogP contribution is -2.50. The minimum absolute atomic E-state index is 0.0788. The second-order valence-corrected chi connectivity index (χ2v) is 6.93. The van der Waals surface area contributed by atoms with E-state index >= 15 is 0 Å². The predicted molar refractivity (Wildman–Crippen MR) is 93.4 cm³/mol. The number of hydrogen-bond acceptors (Lipinski definition) is 3. The maximum absolute atomic E-state index is 13.0.